The third-order valence-electron chi connectivity index (χ3n) is 3.24. The van der Waals surface area contributed by atoms with Gasteiger partial charge < -0.3 is 9.72 Å². The normalized spacial score (nSPS) is 10.7. The van der Waals surface area contributed by atoms with Crippen molar-refractivity contribution in [1.29, 1.82) is 0 Å². The number of halogens is 1. The van der Waals surface area contributed by atoms with Crippen LogP contribution in [0.5, 0.6) is 5.75 Å². The monoisotopic (exact) mass is 329 g/mol. The Bertz CT molecular complexity index is 775. The van der Waals surface area contributed by atoms with Crippen LogP contribution < -0.4 is 4.74 Å². The molecule has 0 fully saturated rings. The predicted octanol–water partition coefficient (Wildman–Crippen LogP) is 4.17. The SMILES string of the molecule is COc1cccc2[nH]cc(C(=O)c3ccc(Br)cc3)c12. The second kappa shape index (κ2) is 5.13. The molecule has 4 heteroatoms. The fraction of sp³-hybridized carbons (Fsp3) is 0.0625. The van der Waals surface area contributed by atoms with Crippen LogP contribution in [-0.4, -0.2) is 17.9 Å². The molecule has 1 N–H and O–H groups in total. The lowest BCUT2D eigenvalue weighted by molar-refractivity contribution is 0.104. The van der Waals surface area contributed by atoms with Crippen LogP contribution in [0.4, 0.5) is 0 Å². The van der Waals surface area contributed by atoms with Gasteiger partial charge in [-0.15, -0.1) is 0 Å². The topological polar surface area (TPSA) is 42.1 Å². The zero-order chi connectivity index (χ0) is 14.1. The van der Waals surface area contributed by atoms with Gasteiger partial charge in [-0.3, -0.25) is 4.79 Å². The highest BCUT2D eigenvalue weighted by molar-refractivity contribution is 9.10. The molecule has 100 valence electrons. The van der Waals surface area contributed by atoms with Crippen LogP contribution in [0, 0.1) is 0 Å². The maximum absolute atomic E-state index is 12.6. The molecule has 0 bridgehead atoms. The Labute approximate surface area is 124 Å². The molecule has 0 saturated carbocycles. The number of ketones is 1. The van der Waals surface area contributed by atoms with Crippen molar-refractivity contribution in [2.45, 2.75) is 0 Å². The van der Waals surface area contributed by atoms with E-state index in [1.165, 1.54) is 0 Å². The van der Waals surface area contributed by atoms with E-state index in [4.69, 9.17) is 4.74 Å². The van der Waals surface area contributed by atoms with E-state index in [0.717, 1.165) is 15.4 Å². The van der Waals surface area contributed by atoms with Crippen molar-refractivity contribution in [1.82, 2.24) is 4.98 Å². The molecule has 0 unspecified atom stereocenters. The summed E-state index contributed by atoms with van der Waals surface area (Å²) < 4.78 is 6.30. The van der Waals surface area contributed by atoms with Gasteiger partial charge in [0.15, 0.2) is 5.78 Å². The molecule has 0 amide bonds. The molecule has 0 radical (unpaired) electrons. The number of aromatic nitrogens is 1. The molecule has 2 aromatic carbocycles. The van der Waals surface area contributed by atoms with E-state index in [1.54, 1.807) is 25.4 Å². The molecule has 0 aliphatic heterocycles. The molecule has 1 aromatic heterocycles. The van der Waals surface area contributed by atoms with E-state index < -0.39 is 0 Å². The maximum Gasteiger partial charge on any atom is 0.195 e. The minimum Gasteiger partial charge on any atom is -0.496 e. The Hall–Kier alpha value is -2.07. The highest BCUT2D eigenvalue weighted by Gasteiger charge is 2.16. The lowest BCUT2D eigenvalue weighted by Gasteiger charge is -2.04. The summed E-state index contributed by atoms with van der Waals surface area (Å²) in [5, 5.41) is 0.822. The number of carbonyl (C=O) groups is 1. The number of rotatable bonds is 3. The van der Waals surface area contributed by atoms with Gasteiger partial charge in [0.1, 0.15) is 5.75 Å². The molecule has 0 aliphatic rings. The van der Waals surface area contributed by atoms with E-state index in [0.29, 0.717) is 16.9 Å². The fourth-order valence-corrected chi connectivity index (χ4v) is 2.52. The Morgan fingerprint density at radius 1 is 1.15 bits per heavy atom. The van der Waals surface area contributed by atoms with Gasteiger partial charge in [-0.25, -0.2) is 0 Å². The molecule has 3 aromatic rings. The summed E-state index contributed by atoms with van der Waals surface area (Å²) in [4.78, 5) is 15.7. The average Bonchev–Trinajstić information content (AvgIpc) is 2.91. The van der Waals surface area contributed by atoms with E-state index >= 15 is 0 Å². The summed E-state index contributed by atoms with van der Waals surface area (Å²) in [6.07, 6.45) is 1.73. The van der Waals surface area contributed by atoms with Gasteiger partial charge in [-0.05, 0) is 36.4 Å². The first kappa shape index (κ1) is 12.9. The van der Waals surface area contributed by atoms with Gasteiger partial charge in [0.25, 0.3) is 0 Å². The number of fused-ring (bicyclic) bond motifs is 1. The van der Waals surface area contributed by atoms with Crippen molar-refractivity contribution in [2.75, 3.05) is 7.11 Å². The van der Waals surface area contributed by atoms with Crippen LogP contribution >= 0.6 is 15.9 Å². The van der Waals surface area contributed by atoms with Crippen molar-refractivity contribution in [3.63, 3.8) is 0 Å². The first-order valence-corrected chi connectivity index (χ1v) is 6.94. The summed E-state index contributed by atoms with van der Waals surface area (Å²) in [6, 6.07) is 13.0. The lowest BCUT2D eigenvalue weighted by atomic mass is 10.0. The number of hydrogen-bond donors (Lipinski definition) is 1. The molecule has 3 rings (SSSR count). The van der Waals surface area contributed by atoms with Crippen molar-refractivity contribution in [3.05, 3.63) is 64.3 Å². The minimum absolute atomic E-state index is 0.0201. The van der Waals surface area contributed by atoms with Gasteiger partial charge in [0.2, 0.25) is 0 Å². The number of H-pyrrole nitrogens is 1. The summed E-state index contributed by atoms with van der Waals surface area (Å²) in [6.45, 7) is 0. The molecular weight excluding hydrogens is 318 g/mol. The largest absolute Gasteiger partial charge is 0.496 e. The van der Waals surface area contributed by atoms with Crippen LogP contribution in [-0.2, 0) is 0 Å². The second-order valence-corrected chi connectivity index (χ2v) is 5.34. The molecule has 1 heterocycles. The summed E-state index contributed by atoms with van der Waals surface area (Å²) in [5.41, 5.74) is 2.17. The van der Waals surface area contributed by atoms with Crippen LogP contribution in [0.1, 0.15) is 15.9 Å². The van der Waals surface area contributed by atoms with Gasteiger partial charge in [0.05, 0.1) is 18.1 Å². The minimum atomic E-state index is -0.0201. The highest BCUT2D eigenvalue weighted by atomic mass is 79.9. The highest BCUT2D eigenvalue weighted by Crippen LogP contribution is 2.30. The Kier molecular flexibility index (Phi) is 3.32. The van der Waals surface area contributed by atoms with Gasteiger partial charge in [-0.2, -0.15) is 0 Å². The van der Waals surface area contributed by atoms with E-state index in [2.05, 4.69) is 20.9 Å². The Balaban J connectivity index is 2.14. The summed E-state index contributed by atoms with van der Waals surface area (Å²) in [7, 11) is 1.61. The predicted molar refractivity (Wildman–Crippen MR) is 82.4 cm³/mol. The molecule has 0 atom stereocenters. The van der Waals surface area contributed by atoms with Gasteiger partial charge in [-0.1, -0.05) is 22.0 Å². The first-order valence-electron chi connectivity index (χ1n) is 6.15. The number of aromatic amines is 1. The number of ether oxygens (including phenoxy) is 1. The van der Waals surface area contributed by atoms with Gasteiger partial charge >= 0.3 is 0 Å². The third kappa shape index (κ3) is 2.12. The Morgan fingerprint density at radius 3 is 2.60 bits per heavy atom. The average molecular weight is 330 g/mol. The quantitative estimate of drug-likeness (QED) is 0.733. The summed E-state index contributed by atoms with van der Waals surface area (Å²) >= 11 is 3.37. The van der Waals surface area contributed by atoms with Crippen molar-refractivity contribution in [3.8, 4) is 5.75 Å². The molecule has 0 saturated heterocycles. The first-order chi connectivity index (χ1) is 9.70. The number of methoxy groups -OCH3 is 1. The second-order valence-electron chi connectivity index (χ2n) is 4.42. The van der Waals surface area contributed by atoms with Crippen molar-refractivity contribution < 1.29 is 9.53 Å². The molecule has 0 spiro atoms. The van der Waals surface area contributed by atoms with Crippen LogP contribution in [0.15, 0.2) is 53.1 Å². The number of carbonyl (C=O) groups excluding carboxylic acids is 1. The smallest absolute Gasteiger partial charge is 0.195 e. The van der Waals surface area contributed by atoms with Crippen LogP contribution in [0.2, 0.25) is 0 Å². The van der Waals surface area contributed by atoms with E-state index in [9.17, 15) is 4.79 Å². The standard InChI is InChI=1S/C16H12BrNO2/c1-20-14-4-2-3-13-15(14)12(9-18-13)16(19)10-5-7-11(17)8-6-10/h2-9,18H,1H3. The van der Waals surface area contributed by atoms with Crippen LogP contribution in [0.25, 0.3) is 10.9 Å². The number of nitrogens with one attached hydrogen (secondary N) is 1. The zero-order valence-corrected chi connectivity index (χ0v) is 12.4. The number of benzene rings is 2. The third-order valence-corrected chi connectivity index (χ3v) is 3.77. The van der Waals surface area contributed by atoms with Crippen molar-refractivity contribution >= 4 is 32.6 Å². The molecule has 3 nitrogen and oxygen atoms in total. The van der Waals surface area contributed by atoms with E-state index in [-0.39, 0.29) is 5.78 Å². The number of hydrogen-bond acceptors (Lipinski definition) is 2. The fourth-order valence-electron chi connectivity index (χ4n) is 2.26. The molecule has 20 heavy (non-hydrogen) atoms. The van der Waals surface area contributed by atoms with Crippen LogP contribution in [0.3, 0.4) is 0 Å². The van der Waals surface area contributed by atoms with Gasteiger partial charge in [0, 0.05) is 21.7 Å². The summed E-state index contributed by atoms with van der Waals surface area (Å²) in [5.74, 6) is 0.678. The van der Waals surface area contributed by atoms with E-state index in [1.807, 2.05) is 30.3 Å². The zero-order valence-electron chi connectivity index (χ0n) is 10.8. The van der Waals surface area contributed by atoms with Crippen molar-refractivity contribution in [2.24, 2.45) is 0 Å². The Morgan fingerprint density at radius 2 is 1.90 bits per heavy atom. The molecular formula is C16H12BrNO2. The lowest BCUT2D eigenvalue weighted by Crippen LogP contribution is -2.00. The maximum atomic E-state index is 12.6. The molecule has 0 aliphatic carbocycles.